The predicted molar refractivity (Wildman–Crippen MR) is 46.2 cm³/mol. The third kappa shape index (κ3) is 13.5. The summed E-state index contributed by atoms with van der Waals surface area (Å²) in [4.78, 5) is 19.9. The molecular weight excluding hydrogens is 158 g/mol. The Morgan fingerprint density at radius 1 is 1.27 bits per heavy atom. The van der Waals surface area contributed by atoms with Crippen LogP contribution in [0.5, 0.6) is 0 Å². The second-order valence-electron chi connectivity index (χ2n) is 1.36. The number of aliphatic carboxylic acids is 1. The standard InChI is InChI=1S/C4H6O4S.2Li.2H/c5-3(6)1-2-4(7)8-9;;;;/h9H,1-2H2,(H,5,6);;;;. The van der Waals surface area contributed by atoms with Crippen LogP contribution >= 0.6 is 12.9 Å². The van der Waals surface area contributed by atoms with E-state index in [4.69, 9.17) is 5.11 Å². The summed E-state index contributed by atoms with van der Waals surface area (Å²) in [7, 11) is 0. The summed E-state index contributed by atoms with van der Waals surface area (Å²) in [5.41, 5.74) is 0. The third-order valence-corrected chi connectivity index (χ3v) is 0.848. The fourth-order valence-corrected chi connectivity index (χ4v) is 0.346. The van der Waals surface area contributed by atoms with Crippen molar-refractivity contribution in [3.63, 3.8) is 0 Å². The molecule has 0 fully saturated rings. The summed E-state index contributed by atoms with van der Waals surface area (Å²) in [6.07, 6.45) is -0.335. The van der Waals surface area contributed by atoms with E-state index < -0.39 is 11.9 Å². The molecule has 0 saturated carbocycles. The Kier molecular flexibility index (Phi) is 16.7. The van der Waals surface area contributed by atoms with E-state index in [2.05, 4.69) is 17.1 Å². The van der Waals surface area contributed by atoms with Crippen LogP contribution in [0.1, 0.15) is 12.8 Å². The monoisotopic (exact) mass is 166 g/mol. The van der Waals surface area contributed by atoms with Crippen molar-refractivity contribution in [2.45, 2.75) is 12.8 Å². The third-order valence-electron chi connectivity index (χ3n) is 0.645. The first kappa shape index (κ1) is 17.5. The second-order valence-corrected chi connectivity index (χ2v) is 1.54. The molecule has 1 N–H and O–H groups in total. The quantitative estimate of drug-likeness (QED) is 0.318. The molecule has 11 heavy (non-hydrogen) atoms. The Labute approximate surface area is 94.0 Å². The van der Waals surface area contributed by atoms with Gasteiger partial charge in [0.15, 0.2) is 0 Å². The first-order valence-electron chi connectivity index (χ1n) is 2.23. The minimum absolute atomic E-state index is 0. The van der Waals surface area contributed by atoms with Crippen molar-refractivity contribution >= 4 is 62.6 Å². The van der Waals surface area contributed by atoms with Crippen LogP contribution in [0.4, 0.5) is 0 Å². The molecule has 0 radical (unpaired) electrons. The number of hydrogen-bond donors (Lipinski definition) is 2. The van der Waals surface area contributed by atoms with Crippen LogP contribution in [0.25, 0.3) is 0 Å². The molecule has 0 rings (SSSR count). The van der Waals surface area contributed by atoms with Gasteiger partial charge in [-0.1, -0.05) is 0 Å². The van der Waals surface area contributed by atoms with E-state index in [1.54, 1.807) is 0 Å². The predicted octanol–water partition coefficient (Wildman–Crippen LogP) is -1.06. The van der Waals surface area contributed by atoms with Gasteiger partial charge in [0.1, 0.15) is 0 Å². The molecule has 0 aromatic carbocycles. The van der Waals surface area contributed by atoms with Crippen LogP contribution in [0, 0.1) is 0 Å². The molecule has 0 aliphatic rings. The summed E-state index contributed by atoms with van der Waals surface area (Å²) >= 11 is 3.18. The van der Waals surface area contributed by atoms with E-state index in [1.165, 1.54) is 0 Å². The van der Waals surface area contributed by atoms with Crippen LogP contribution in [0.2, 0.25) is 0 Å². The number of thiol groups is 1. The van der Waals surface area contributed by atoms with Gasteiger partial charge in [0.2, 0.25) is 0 Å². The first-order valence-corrected chi connectivity index (χ1v) is 2.59. The van der Waals surface area contributed by atoms with Gasteiger partial charge in [-0.05, 0) is 0 Å². The van der Waals surface area contributed by atoms with Gasteiger partial charge in [-0.2, -0.15) is 0 Å². The maximum atomic E-state index is 10.2. The average Bonchev–Trinajstić information content (AvgIpc) is 1.83. The Morgan fingerprint density at radius 2 is 1.73 bits per heavy atom. The first-order chi connectivity index (χ1) is 4.16. The Hall–Kier alpha value is 0.485. The number of carbonyl (C=O) groups is 2. The zero-order valence-corrected chi connectivity index (χ0v) is 5.43. The Morgan fingerprint density at radius 3 is 2.00 bits per heavy atom. The Balaban J connectivity index is -0.000000320. The van der Waals surface area contributed by atoms with Crippen molar-refractivity contribution in [3.05, 3.63) is 0 Å². The summed E-state index contributed by atoms with van der Waals surface area (Å²) in [5.74, 6) is -1.64. The number of carboxylic acid groups (broad SMARTS) is 1. The van der Waals surface area contributed by atoms with Crippen molar-refractivity contribution in [2.24, 2.45) is 0 Å². The summed E-state index contributed by atoms with van der Waals surface area (Å²) < 4.78 is 3.89. The molecule has 0 unspecified atom stereocenters. The van der Waals surface area contributed by atoms with Crippen LogP contribution < -0.4 is 0 Å². The zero-order valence-electron chi connectivity index (χ0n) is 4.53. The van der Waals surface area contributed by atoms with Crippen LogP contribution in [0.15, 0.2) is 0 Å². The van der Waals surface area contributed by atoms with Gasteiger partial charge in [0.05, 0.1) is 12.8 Å². The molecule has 0 saturated heterocycles. The fraction of sp³-hybridized carbons (Fsp3) is 0.500. The van der Waals surface area contributed by atoms with Gasteiger partial charge in [-0.25, -0.2) is 0 Å². The van der Waals surface area contributed by atoms with Crippen molar-refractivity contribution in [3.8, 4) is 0 Å². The zero-order chi connectivity index (χ0) is 7.28. The maximum absolute atomic E-state index is 10.2. The minimum atomic E-state index is -1.02. The van der Waals surface area contributed by atoms with Gasteiger partial charge in [-0.3, -0.25) is 9.59 Å². The van der Waals surface area contributed by atoms with Gasteiger partial charge in [0, 0.05) is 12.9 Å². The molecule has 0 heterocycles. The van der Waals surface area contributed by atoms with E-state index in [-0.39, 0.29) is 50.6 Å². The van der Waals surface area contributed by atoms with Crippen LogP contribution in [0.3, 0.4) is 0 Å². The number of carboxylic acids is 1. The molecule has 7 heteroatoms. The van der Waals surface area contributed by atoms with E-state index in [9.17, 15) is 9.59 Å². The van der Waals surface area contributed by atoms with E-state index in [0.717, 1.165) is 0 Å². The van der Waals surface area contributed by atoms with Gasteiger partial charge < -0.3 is 9.29 Å². The van der Waals surface area contributed by atoms with E-state index in [0.29, 0.717) is 0 Å². The number of carbonyl (C=O) groups excluding carboxylic acids is 1. The fourth-order valence-electron chi connectivity index (χ4n) is 0.255. The number of rotatable bonds is 3. The summed E-state index contributed by atoms with van der Waals surface area (Å²) in [6.45, 7) is 0. The topological polar surface area (TPSA) is 63.6 Å². The number of hydrogen-bond acceptors (Lipinski definition) is 4. The van der Waals surface area contributed by atoms with E-state index in [1.807, 2.05) is 0 Å². The molecule has 56 valence electrons. The van der Waals surface area contributed by atoms with Crippen molar-refractivity contribution < 1.29 is 18.9 Å². The van der Waals surface area contributed by atoms with Crippen LogP contribution in [-0.2, 0) is 13.8 Å². The van der Waals surface area contributed by atoms with Gasteiger partial charge >= 0.3 is 49.7 Å². The van der Waals surface area contributed by atoms with E-state index >= 15 is 0 Å². The molecule has 0 aliphatic carbocycles. The van der Waals surface area contributed by atoms with Gasteiger partial charge in [-0.15, -0.1) is 0 Å². The molecule has 0 aliphatic heterocycles. The normalized spacial score (nSPS) is 7.00. The van der Waals surface area contributed by atoms with Crippen molar-refractivity contribution in [1.82, 2.24) is 0 Å². The molecule has 4 nitrogen and oxygen atoms in total. The molecule has 0 atom stereocenters. The Bertz CT molecular complexity index is 129. The van der Waals surface area contributed by atoms with Crippen LogP contribution in [-0.4, -0.2) is 54.8 Å². The molecule has 0 bridgehead atoms. The molecule has 0 aromatic heterocycles. The molecule has 0 aromatic rings. The average molecular weight is 166 g/mol. The van der Waals surface area contributed by atoms with Crippen molar-refractivity contribution in [1.29, 1.82) is 0 Å². The molecule has 0 spiro atoms. The molecule has 0 amide bonds. The second kappa shape index (κ2) is 10.5. The van der Waals surface area contributed by atoms with Gasteiger partial charge in [0.25, 0.3) is 0 Å². The SMILES string of the molecule is O=C(O)CCC(=O)OS.[LiH].[LiH]. The molecular formula is C4H8Li2O4S. The summed E-state index contributed by atoms with van der Waals surface area (Å²) in [5, 5.41) is 8.03. The summed E-state index contributed by atoms with van der Waals surface area (Å²) in [6, 6.07) is 0. The van der Waals surface area contributed by atoms with Crippen molar-refractivity contribution in [2.75, 3.05) is 0 Å².